The van der Waals surface area contributed by atoms with Crippen molar-refractivity contribution in [2.45, 2.75) is 11.7 Å². The molecule has 0 radical (unpaired) electrons. The second-order valence-corrected chi connectivity index (χ2v) is 4.19. The lowest BCUT2D eigenvalue weighted by Gasteiger charge is -2.10. The molecule has 96 valence electrons. The minimum Gasteiger partial charge on any atom is -0.467 e. The lowest BCUT2D eigenvalue weighted by atomic mass is 9.95. The molecule has 0 unspecified atom stereocenters. The highest BCUT2D eigenvalue weighted by Gasteiger charge is 2.69. The fourth-order valence-corrected chi connectivity index (χ4v) is 1.94. The van der Waals surface area contributed by atoms with E-state index in [2.05, 4.69) is 9.47 Å². The van der Waals surface area contributed by atoms with Crippen LogP contribution in [0.25, 0.3) is 0 Å². The number of ether oxygens (including phenoxy) is 3. The molecule has 0 saturated carbocycles. The quantitative estimate of drug-likeness (QED) is 0.611. The summed E-state index contributed by atoms with van der Waals surface area (Å²) in [4.78, 5) is 23.3. The minimum atomic E-state index is -1.41. The van der Waals surface area contributed by atoms with Gasteiger partial charge >= 0.3 is 11.9 Å². The van der Waals surface area contributed by atoms with Crippen molar-refractivity contribution < 1.29 is 23.8 Å². The summed E-state index contributed by atoms with van der Waals surface area (Å²) in [6.07, 6.45) is -0.976. The number of hydrogen-bond donors (Lipinski definition) is 0. The Morgan fingerprint density at radius 3 is 2.33 bits per heavy atom. The maximum atomic E-state index is 11.8. The molecule has 1 fully saturated rings. The molecule has 1 aromatic carbocycles. The van der Waals surface area contributed by atoms with Crippen molar-refractivity contribution in [3.63, 3.8) is 0 Å². The summed E-state index contributed by atoms with van der Waals surface area (Å²) in [5, 5.41) is 0.522. The summed E-state index contributed by atoms with van der Waals surface area (Å²) in [6.45, 7) is 0. The summed E-state index contributed by atoms with van der Waals surface area (Å²) < 4.78 is 14.5. The molecule has 1 aliphatic rings. The Kier molecular flexibility index (Phi) is 3.28. The average molecular weight is 271 g/mol. The van der Waals surface area contributed by atoms with Crippen LogP contribution in [0, 0.1) is 0 Å². The van der Waals surface area contributed by atoms with Crippen LogP contribution < -0.4 is 0 Å². The first kappa shape index (κ1) is 12.9. The third kappa shape index (κ3) is 1.85. The van der Waals surface area contributed by atoms with E-state index in [1.54, 1.807) is 24.3 Å². The molecule has 0 aliphatic carbocycles. The summed E-state index contributed by atoms with van der Waals surface area (Å²) in [5.41, 5.74) is -0.902. The molecule has 1 aromatic rings. The zero-order valence-corrected chi connectivity index (χ0v) is 10.6. The fraction of sp³-hybridized carbons (Fsp3) is 0.333. The molecule has 0 N–H and O–H groups in total. The highest BCUT2D eigenvalue weighted by Crippen LogP contribution is 2.48. The molecule has 1 aliphatic heterocycles. The predicted molar refractivity (Wildman–Crippen MR) is 62.0 cm³/mol. The molecule has 0 spiro atoms. The molecule has 5 nitrogen and oxygen atoms in total. The number of methoxy groups -OCH3 is 2. The van der Waals surface area contributed by atoms with Crippen LogP contribution in [0.15, 0.2) is 24.3 Å². The first-order chi connectivity index (χ1) is 8.56. The van der Waals surface area contributed by atoms with Gasteiger partial charge in [0.25, 0.3) is 0 Å². The number of halogens is 1. The topological polar surface area (TPSA) is 65.1 Å². The van der Waals surface area contributed by atoms with Crippen LogP contribution in [-0.2, 0) is 29.4 Å². The molecule has 0 amide bonds. The smallest absolute Gasteiger partial charge is 0.346 e. The van der Waals surface area contributed by atoms with E-state index in [1.165, 1.54) is 14.2 Å². The van der Waals surface area contributed by atoms with Crippen molar-refractivity contribution in [2.24, 2.45) is 0 Å². The highest BCUT2D eigenvalue weighted by atomic mass is 35.5. The summed E-state index contributed by atoms with van der Waals surface area (Å²) >= 11 is 5.77. The van der Waals surface area contributed by atoms with Gasteiger partial charge in [0.1, 0.15) is 0 Å². The predicted octanol–water partition coefficient (Wildman–Crippen LogP) is 1.28. The van der Waals surface area contributed by atoms with E-state index < -0.39 is 23.6 Å². The van der Waals surface area contributed by atoms with Gasteiger partial charge in [-0.25, -0.2) is 9.59 Å². The number of benzene rings is 1. The minimum absolute atomic E-state index is 0.508. The fourth-order valence-electron chi connectivity index (χ4n) is 1.81. The number of carbonyl (C=O) groups excluding carboxylic acids is 2. The number of esters is 2. The van der Waals surface area contributed by atoms with E-state index >= 15 is 0 Å². The van der Waals surface area contributed by atoms with Gasteiger partial charge in [0.2, 0.25) is 11.7 Å². The second-order valence-electron chi connectivity index (χ2n) is 3.76. The zero-order valence-electron chi connectivity index (χ0n) is 9.81. The largest absolute Gasteiger partial charge is 0.467 e. The Labute approximate surface area is 109 Å². The van der Waals surface area contributed by atoms with Crippen LogP contribution in [-0.4, -0.2) is 32.3 Å². The molecular weight excluding hydrogens is 260 g/mol. The molecule has 0 aromatic heterocycles. The third-order valence-corrected chi connectivity index (χ3v) is 3.04. The van der Waals surface area contributed by atoms with E-state index in [0.29, 0.717) is 10.6 Å². The summed E-state index contributed by atoms with van der Waals surface area (Å²) in [6, 6.07) is 6.44. The Hall–Kier alpha value is -1.59. The summed E-state index contributed by atoms with van der Waals surface area (Å²) in [5.74, 6) is -1.25. The first-order valence-electron chi connectivity index (χ1n) is 5.16. The summed E-state index contributed by atoms with van der Waals surface area (Å²) in [7, 11) is 2.46. The van der Waals surface area contributed by atoms with Gasteiger partial charge in [-0.2, -0.15) is 0 Å². The van der Waals surface area contributed by atoms with Crippen molar-refractivity contribution in [3.8, 4) is 0 Å². The third-order valence-electron chi connectivity index (χ3n) is 2.79. The standard InChI is InChI=1S/C12H11ClO5/c1-16-10(14)9-12(18-9,11(15)17-2)7-3-5-8(13)6-4-7/h3-6,9H,1-2H3/t9-,12-/m0/s1. The Bertz CT molecular complexity index is 484. The lowest BCUT2D eigenvalue weighted by Crippen LogP contribution is -2.30. The molecule has 6 heteroatoms. The molecule has 2 atom stereocenters. The van der Waals surface area contributed by atoms with Crippen molar-refractivity contribution in [1.82, 2.24) is 0 Å². The van der Waals surface area contributed by atoms with Crippen LogP contribution in [0.5, 0.6) is 0 Å². The molecule has 1 saturated heterocycles. The van der Waals surface area contributed by atoms with Gasteiger partial charge in [-0.15, -0.1) is 0 Å². The van der Waals surface area contributed by atoms with Crippen LogP contribution >= 0.6 is 11.6 Å². The monoisotopic (exact) mass is 270 g/mol. The molecule has 1 heterocycles. The van der Waals surface area contributed by atoms with E-state index in [4.69, 9.17) is 16.3 Å². The van der Waals surface area contributed by atoms with E-state index in [9.17, 15) is 9.59 Å². The van der Waals surface area contributed by atoms with Crippen molar-refractivity contribution in [2.75, 3.05) is 14.2 Å². The molecule has 2 rings (SSSR count). The zero-order chi connectivity index (χ0) is 13.3. The molecule has 0 bridgehead atoms. The van der Waals surface area contributed by atoms with Crippen LogP contribution in [0.3, 0.4) is 0 Å². The van der Waals surface area contributed by atoms with Gasteiger partial charge in [-0.05, 0) is 17.7 Å². The van der Waals surface area contributed by atoms with Crippen LogP contribution in [0.1, 0.15) is 5.56 Å². The molecular formula is C12H11ClO5. The van der Waals surface area contributed by atoms with Gasteiger partial charge in [0.15, 0.2) is 0 Å². The number of carbonyl (C=O) groups is 2. The molecule has 18 heavy (non-hydrogen) atoms. The lowest BCUT2D eigenvalue weighted by molar-refractivity contribution is -0.148. The number of rotatable bonds is 3. The average Bonchev–Trinajstić information content (AvgIpc) is 3.14. The van der Waals surface area contributed by atoms with Gasteiger partial charge in [0.05, 0.1) is 14.2 Å². The van der Waals surface area contributed by atoms with Gasteiger partial charge in [0, 0.05) is 5.02 Å². The van der Waals surface area contributed by atoms with Gasteiger partial charge in [-0.3, -0.25) is 0 Å². The first-order valence-corrected chi connectivity index (χ1v) is 5.54. The number of epoxide rings is 1. The van der Waals surface area contributed by atoms with E-state index in [0.717, 1.165) is 0 Å². The maximum Gasteiger partial charge on any atom is 0.346 e. The number of hydrogen-bond acceptors (Lipinski definition) is 5. The van der Waals surface area contributed by atoms with Crippen molar-refractivity contribution in [1.29, 1.82) is 0 Å². The van der Waals surface area contributed by atoms with Crippen LogP contribution in [0.4, 0.5) is 0 Å². The second kappa shape index (κ2) is 4.59. The SMILES string of the molecule is COC(=O)[C@@H]1O[C@@]1(C(=O)OC)c1ccc(Cl)cc1. The van der Waals surface area contributed by atoms with E-state index in [-0.39, 0.29) is 0 Å². The highest BCUT2D eigenvalue weighted by molar-refractivity contribution is 6.30. The normalized spacial score (nSPS) is 25.4. The van der Waals surface area contributed by atoms with E-state index in [1.807, 2.05) is 0 Å². The van der Waals surface area contributed by atoms with Crippen molar-refractivity contribution >= 4 is 23.5 Å². The Balaban J connectivity index is 2.37. The van der Waals surface area contributed by atoms with Crippen LogP contribution in [0.2, 0.25) is 5.02 Å². The van der Waals surface area contributed by atoms with Gasteiger partial charge < -0.3 is 14.2 Å². The maximum absolute atomic E-state index is 11.8. The van der Waals surface area contributed by atoms with Crippen molar-refractivity contribution in [3.05, 3.63) is 34.9 Å². The van der Waals surface area contributed by atoms with Gasteiger partial charge in [-0.1, -0.05) is 23.7 Å². The Morgan fingerprint density at radius 1 is 1.22 bits per heavy atom. The Morgan fingerprint density at radius 2 is 1.83 bits per heavy atom.